The van der Waals surface area contributed by atoms with Crippen LogP contribution in [0.25, 0.3) is 0 Å². The Kier molecular flexibility index (Phi) is 4.99. The Morgan fingerprint density at radius 2 is 2.37 bits per heavy atom. The number of hydrogen-bond donors (Lipinski definition) is 1. The summed E-state index contributed by atoms with van der Waals surface area (Å²) in [5, 5.41) is 3.39. The molecule has 0 aromatic carbocycles. The molecule has 0 radical (unpaired) electrons. The zero-order valence-corrected chi connectivity index (χ0v) is 13.0. The predicted octanol–water partition coefficient (Wildman–Crippen LogP) is 2.56. The van der Waals surface area contributed by atoms with E-state index < -0.39 is 0 Å². The van der Waals surface area contributed by atoms with Crippen molar-refractivity contribution in [2.75, 3.05) is 25.5 Å². The van der Waals surface area contributed by atoms with E-state index >= 15 is 0 Å². The van der Waals surface area contributed by atoms with E-state index in [2.05, 4.69) is 31.2 Å². The third kappa shape index (κ3) is 4.31. The fourth-order valence-electron chi connectivity index (χ4n) is 1.74. The molecule has 1 aliphatic rings. The Morgan fingerprint density at radius 3 is 3.05 bits per heavy atom. The van der Waals surface area contributed by atoms with Crippen LogP contribution in [0.15, 0.2) is 10.7 Å². The molecule has 1 aliphatic carbocycles. The molecule has 1 saturated carbocycles. The van der Waals surface area contributed by atoms with Gasteiger partial charge < -0.3 is 10.2 Å². The molecule has 1 heterocycles. The summed E-state index contributed by atoms with van der Waals surface area (Å²) in [6.07, 6.45) is 4.57. The Hall–Kier alpha value is -0.880. The second-order valence-corrected chi connectivity index (χ2v) is 5.84. The highest BCUT2D eigenvalue weighted by Gasteiger charge is 2.31. The van der Waals surface area contributed by atoms with Crippen LogP contribution in [0.4, 0.5) is 5.82 Å². The first-order valence-corrected chi connectivity index (χ1v) is 7.42. The van der Waals surface area contributed by atoms with Crippen LogP contribution in [-0.2, 0) is 4.79 Å². The first-order valence-electron chi connectivity index (χ1n) is 6.25. The van der Waals surface area contributed by atoms with Gasteiger partial charge in [-0.25, -0.2) is 4.98 Å². The number of carbonyl (C=O) groups excluding carboxylic acids is 1. The molecule has 0 saturated heterocycles. The molecule has 104 valence electrons. The van der Waals surface area contributed by atoms with Crippen molar-refractivity contribution in [2.24, 2.45) is 5.92 Å². The van der Waals surface area contributed by atoms with Crippen molar-refractivity contribution in [2.45, 2.75) is 19.3 Å². The van der Waals surface area contributed by atoms with Gasteiger partial charge in [-0.05, 0) is 46.8 Å². The molecule has 0 spiro atoms. The van der Waals surface area contributed by atoms with Gasteiger partial charge in [0.05, 0.1) is 4.47 Å². The normalized spacial score (nSPS) is 14.3. The molecular weight excluding hydrogens is 332 g/mol. The van der Waals surface area contributed by atoms with Crippen molar-refractivity contribution in [3.63, 3.8) is 0 Å². The van der Waals surface area contributed by atoms with E-state index in [-0.39, 0.29) is 17.1 Å². The molecule has 5 nitrogen and oxygen atoms in total. The molecule has 2 rings (SSSR count). The molecule has 0 atom stereocenters. The van der Waals surface area contributed by atoms with Crippen LogP contribution in [0.5, 0.6) is 0 Å². The van der Waals surface area contributed by atoms with Crippen molar-refractivity contribution in [1.82, 2.24) is 14.9 Å². The van der Waals surface area contributed by atoms with E-state index in [1.165, 1.54) is 0 Å². The molecule has 0 bridgehead atoms. The second-order valence-electron chi connectivity index (χ2n) is 4.65. The van der Waals surface area contributed by atoms with E-state index in [9.17, 15) is 4.79 Å². The highest BCUT2D eigenvalue weighted by molar-refractivity contribution is 9.10. The van der Waals surface area contributed by atoms with Crippen LogP contribution in [0, 0.1) is 5.92 Å². The average Bonchev–Trinajstić information content (AvgIpc) is 3.21. The molecule has 7 heteroatoms. The summed E-state index contributed by atoms with van der Waals surface area (Å²) in [5.74, 6) is 1.23. The fraction of sp³-hybridized carbons (Fsp3) is 0.583. The monoisotopic (exact) mass is 346 g/mol. The minimum atomic E-state index is 0.215. The van der Waals surface area contributed by atoms with Gasteiger partial charge in [0.15, 0.2) is 0 Å². The van der Waals surface area contributed by atoms with E-state index in [4.69, 9.17) is 11.6 Å². The fourth-order valence-corrected chi connectivity index (χ4v) is 2.21. The molecule has 1 aromatic rings. The van der Waals surface area contributed by atoms with E-state index in [1.807, 2.05) is 7.05 Å². The zero-order valence-electron chi connectivity index (χ0n) is 10.7. The predicted molar refractivity (Wildman–Crippen MR) is 78.2 cm³/mol. The van der Waals surface area contributed by atoms with E-state index in [1.54, 1.807) is 11.1 Å². The number of nitrogens with one attached hydrogen (secondary N) is 1. The van der Waals surface area contributed by atoms with Crippen LogP contribution in [0.1, 0.15) is 19.3 Å². The summed E-state index contributed by atoms with van der Waals surface area (Å²) in [6, 6.07) is 0. The van der Waals surface area contributed by atoms with Gasteiger partial charge in [-0.2, -0.15) is 4.98 Å². The molecule has 0 aliphatic heterocycles. The number of halogens is 2. The first kappa shape index (κ1) is 14.5. The highest BCUT2D eigenvalue weighted by Crippen LogP contribution is 2.30. The third-order valence-corrected chi connectivity index (χ3v) is 3.74. The lowest BCUT2D eigenvalue weighted by molar-refractivity contribution is -0.131. The van der Waals surface area contributed by atoms with E-state index in [0.717, 1.165) is 36.8 Å². The van der Waals surface area contributed by atoms with Crippen molar-refractivity contribution in [3.05, 3.63) is 16.0 Å². The minimum absolute atomic E-state index is 0.215. The maximum Gasteiger partial charge on any atom is 0.225 e. The highest BCUT2D eigenvalue weighted by atomic mass is 79.9. The van der Waals surface area contributed by atoms with Gasteiger partial charge in [0, 0.05) is 32.3 Å². The van der Waals surface area contributed by atoms with Crippen LogP contribution >= 0.6 is 27.5 Å². The Balaban J connectivity index is 1.71. The van der Waals surface area contributed by atoms with Gasteiger partial charge in [0.25, 0.3) is 0 Å². The summed E-state index contributed by atoms with van der Waals surface area (Å²) in [6.45, 7) is 1.48. The van der Waals surface area contributed by atoms with Crippen molar-refractivity contribution >= 4 is 39.3 Å². The standard InChI is InChI=1S/C12H16BrClN4O/c1-18(11(19)8-3-4-8)6-2-5-15-10-9(13)7-16-12(14)17-10/h7-8H,2-6H2,1H3,(H,15,16,17). The smallest absolute Gasteiger partial charge is 0.225 e. The number of carbonyl (C=O) groups is 1. The van der Waals surface area contributed by atoms with Crippen molar-refractivity contribution in [3.8, 4) is 0 Å². The number of nitrogens with zero attached hydrogens (tertiary/aromatic N) is 3. The van der Waals surface area contributed by atoms with E-state index in [0.29, 0.717) is 5.82 Å². The summed E-state index contributed by atoms with van der Waals surface area (Å²) in [4.78, 5) is 21.5. The lowest BCUT2D eigenvalue weighted by Gasteiger charge is -2.17. The van der Waals surface area contributed by atoms with Gasteiger partial charge in [-0.1, -0.05) is 0 Å². The van der Waals surface area contributed by atoms with Crippen LogP contribution in [-0.4, -0.2) is 40.9 Å². The Bertz CT molecular complexity index is 467. The second kappa shape index (κ2) is 6.52. The number of hydrogen-bond acceptors (Lipinski definition) is 4. The van der Waals surface area contributed by atoms with Gasteiger partial charge in [0.1, 0.15) is 5.82 Å². The lowest BCUT2D eigenvalue weighted by Crippen LogP contribution is -2.30. The molecule has 0 unspecified atom stereocenters. The Morgan fingerprint density at radius 1 is 1.63 bits per heavy atom. The van der Waals surface area contributed by atoms with Gasteiger partial charge in [-0.15, -0.1) is 0 Å². The van der Waals surface area contributed by atoms with Crippen LogP contribution in [0.3, 0.4) is 0 Å². The summed E-state index contributed by atoms with van der Waals surface area (Å²) >= 11 is 9.08. The van der Waals surface area contributed by atoms with Crippen molar-refractivity contribution in [1.29, 1.82) is 0 Å². The summed E-state index contributed by atoms with van der Waals surface area (Å²) in [7, 11) is 1.86. The molecule has 1 N–H and O–H groups in total. The quantitative estimate of drug-likeness (QED) is 0.635. The molecule has 1 fully saturated rings. The van der Waals surface area contributed by atoms with Crippen LogP contribution in [0.2, 0.25) is 5.28 Å². The maximum absolute atomic E-state index is 11.7. The van der Waals surface area contributed by atoms with Crippen LogP contribution < -0.4 is 5.32 Å². The topological polar surface area (TPSA) is 58.1 Å². The number of rotatable bonds is 6. The molecule has 1 amide bonds. The maximum atomic E-state index is 11.7. The largest absolute Gasteiger partial charge is 0.369 e. The summed E-state index contributed by atoms with van der Waals surface area (Å²) in [5.41, 5.74) is 0. The molecule has 1 aromatic heterocycles. The molecule has 19 heavy (non-hydrogen) atoms. The average molecular weight is 348 g/mol. The van der Waals surface area contributed by atoms with Gasteiger partial charge in [0.2, 0.25) is 11.2 Å². The molecular formula is C12H16BrClN4O. The van der Waals surface area contributed by atoms with Gasteiger partial charge in [-0.3, -0.25) is 4.79 Å². The number of aromatic nitrogens is 2. The minimum Gasteiger partial charge on any atom is -0.369 e. The number of amides is 1. The third-order valence-electron chi connectivity index (χ3n) is 2.98. The van der Waals surface area contributed by atoms with Crippen molar-refractivity contribution < 1.29 is 4.79 Å². The van der Waals surface area contributed by atoms with Gasteiger partial charge >= 0.3 is 0 Å². The first-order chi connectivity index (χ1) is 9.08. The zero-order chi connectivity index (χ0) is 13.8. The SMILES string of the molecule is CN(CCCNc1nc(Cl)ncc1Br)C(=O)C1CC1. The lowest BCUT2D eigenvalue weighted by atomic mass is 10.3. The Labute approximate surface area is 125 Å². The summed E-state index contributed by atoms with van der Waals surface area (Å²) < 4.78 is 0.777. The number of anilines is 1.